The van der Waals surface area contributed by atoms with Gasteiger partial charge in [-0.15, -0.1) is 0 Å². The Bertz CT molecular complexity index is 355. The van der Waals surface area contributed by atoms with Crippen molar-refractivity contribution in [2.24, 2.45) is 0 Å². The van der Waals surface area contributed by atoms with Crippen LogP contribution in [-0.2, 0) is 9.53 Å². The van der Waals surface area contributed by atoms with Crippen LogP contribution in [0.1, 0.15) is 116 Å². The molecule has 0 aliphatic rings. The summed E-state index contributed by atoms with van der Waals surface area (Å²) in [5, 5.41) is 18.4. The molecule has 0 spiro atoms. The van der Waals surface area contributed by atoms with E-state index in [1.165, 1.54) is 70.6 Å². The molecule has 28 heavy (non-hydrogen) atoms. The number of hydrogen-bond acceptors (Lipinski definition) is 4. The van der Waals surface area contributed by atoms with Gasteiger partial charge in [-0.2, -0.15) is 0 Å². The molecule has 0 amide bonds. The lowest BCUT2D eigenvalue weighted by molar-refractivity contribution is -0.146. The molecule has 0 aromatic carbocycles. The molecule has 0 aliphatic carbocycles. The molecule has 166 valence electrons. The Morgan fingerprint density at radius 2 is 1.39 bits per heavy atom. The summed E-state index contributed by atoms with van der Waals surface area (Å²) >= 11 is 0. The number of aliphatic hydroxyl groups excluding tert-OH is 2. The molecule has 0 radical (unpaired) electrons. The fourth-order valence-corrected chi connectivity index (χ4v) is 3.18. The molecule has 0 saturated carbocycles. The highest BCUT2D eigenvalue weighted by Crippen LogP contribution is 2.10. The van der Waals surface area contributed by atoms with Crippen LogP contribution in [0.25, 0.3) is 0 Å². The monoisotopic (exact) mass is 398 g/mol. The first-order valence-electron chi connectivity index (χ1n) is 11.8. The van der Waals surface area contributed by atoms with Crippen molar-refractivity contribution in [3.63, 3.8) is 0 Å². The summed E-state index contributed by atoms with van der Waals surface area (Å²) in [6.45, 7) is 2.48. The van der Waals surface area contributed by atoms with Gasteiger partial charge in [0.05, 0.1) is 6.10 Å². The second-order valence-electron chi connectivity index (χ2n) is 7.89. The minimum absolute atomic E-state index is 0.0787. The maximum Gasteiger partial charge on any atom is 0.305 e. The zero-order valence-corrected chi connectivity index (χ0v) is 18.4. The van der Waals surface area contributed by atoms with Crippen molar-refractivity contribution in [3.8, 4) is 0 Å². The summed E-state index contributed by atoms with van der Waals surface area (Å²) in [5.41, 5.74) is 0. The predicted octanol–water partition coefficient (Wildman–Crippen LogP) is 6.09. The van der Waals surface area contributed by atoms with E-state index < -0.39 is 6.10 Å². The fraction of sp³-hybridized carbons (Fsp3) is 0.875. The number of allylic oxidation sites excluding steroid dienone is 2. The number of carbonyl (C=O) groups excluding carboxylic acids is 1. The summed E-state index contributed by atoms with van der Waals surface area (Å²) in [5.74, 6) is -0.209. The van der Waals surface area contributed by atoms with Crippen LogP contribution in [0.3, 0.4) is 0 Å². The van der Waals surface area contributed by atoms with Gasteiger partial charge in [0.25, 0.3) is 0 Å². The second kappa shape index (κ2) is 22.4. The second-order valence-corrected chi connectivity index (χ2v) is 7.89. The summed E-state index contributed by atoms with van der Waals surface area (Å²) < 4.78 is 5.09. The van der Waals surface area contributed by atoms with E-state index >= 15 is 0 Å². The Morgan fingerprint density at radius 3 is 2.00 bits per heavy atom. The van der Waals surface area contributed by atoms with E-state index in [0.29, 0.717) is 19.3 Å². The van der Waals surface area contributed by atoms with Gasteiger partial charge in [0.1, 0.15) is 6.61 Å². The number of ether oxygens (including phenoxy) is 1. The Balaban J connectivity index is 3.29. The standard InChI is InChI=1S/C24H46O4/c1-2-3-4-5-6-7-8-9-10-11-12-13-14-15-16-20-24(27)28-22-23(26)19-17-18-21-25/h9-10,23,25-26H,2-8,11-22H2,1H3. The molecule has 0 fully saturated rings. The van der Waals surface area contributed by atoms with Crippen molar-refractivity contribution < 1.29 is 19.7 Å². The third-order valence-corrected chi connectivity index (χ3v) is 5.02. The van der Waals surface area contributed by atoms with Gasteiger partial charge in [-0.3, -0.25) is 4.79 Å². The molecule has 0 saturated heterocycles. The minimum Gasteiger partial charge on any atom is -0.463 e. The van der Waals surface area contributed by atoms with Gasteiger partial charge >= 0.3 is 5.97 Å². The van der Waals surface area contributed by atoms with Gasteiger partial charge in [-0.1, -0.05) is 70.4 Å². The van der Waals surface area contributed by atoms with Crippen molar-refractivity contribution >= 4 is 5.97 Å². The van der Waals surface area contributed by atoms with Crippen LogP contribution in [0.15, 0.2) is 12.2 Å². The lowest BCUT2D eigenvalue weighted by Gasteiger charge is -2.10. The van der Waals surface area contributed by atoms with E-state index in [1.54, 1.807) is 0 Å². The smallest absolute Gasteiger partial charge is 0.305 e. The molecule has 0 aromatic heterocycles. The summed E-state index contributed by atoms with van der Waals surface area (Å²) in [6, 6.07) is 0. The molecule has 0 aromatic rings. The highest BCUT2D eigenvalue weighted by molar-refractivity contribution is 5.69. The lowest BCUT2D eigenvalue weighted by atomic mass is 10.1. The van der Waals surface area contributed by atoms with E-state index in [0.717, 1.165) is 19.3 Å². The first kappa shape index (κ1) is 27.1. The minimum atomic E-state index is -0.607. The average molecular weight is 399 g/mol. The van der Waals surface area contributed by atoms with Crippen LogP contribution in [0.4, 0.5) is 0 Å². The molecule has 4 heteroatoms. The Labute approximate surface area is 173 Å². The van der Waals surface area contributed by atoms with Crippen LogP contribution in [0.2, 0.25) is 0 Å². The third kappa shape index (κ3) is 21.4. The number of esters is 1. The Kier molecular flexibility index (Phi) is 21.7. The number of unbranched alkanes of at least 4 members (excludes halogenated alkanes) is 12. The van der Waals surface area contributed by atoms with Gasteiger partial charge in [-0.25, -0.2) is 0 Å². The van der Waals surface area contributed by atoms with Crippen molar-refractivity contribution in [1.82, 2.24) is 0 Å². The number of carbonyl (C=O) groups is 1. The highest BCUT2D eigenvalue weighted by Gasteiger charge is 2.08. The van der Waals surface area contributed by atoms with E-state index in [-0.39, 0.29) is 19.2 Å². The normalized spacial score (nSPS) is 12.5. The van der Waals surface area contributed by atoms with Crippen molar-refractivity contribution in [2.75, 3.05) is 13.2 Å². The number of rotatable bonds is 21. The van der Waals surface area contributed by atoms with Crippen LogP contribution in [0, 0.1) is 0 Å². The molecule has 1 atom stereocenters. The molecular formula is C24H46O4. The number of aliphatic hydroxyl groups is 2. The summed E-state index contributed by atoms with van der Waals surface area (Å²) in [4.78, 5) is 11.6. The SMILES string of the molecule is CCCCCCCCC=CCCCCCCCC(=O)OCC(O)CCCCO. The molecule has 0 aliphatic heterocycles. The zero-order valence-electron chi connectivity index (χ0n) is 18.4. The molecule has 1 unspecified atom stereocenters. The van der Waals surface area contributed by atoms with Crippen molar-refractivity contribution in [3.05, 3.63) is 12.2 Å². The van der Waals surface area contributed by atoms with Gasteiger partial charge in [0.2, 0.25) is 0 Å². The number of hydrogen-bond donors (Lipinski definition) is 2. The predicted molar refractivity (Wildman–Crippen MR) is 117 cm³/mol. The van der Waals surface area contributed by atoms with E-state index in [4.69, 9.17) is 9.84 Å². The highest BCUT2D eigenvalue weighted by atomic mass is 16.5. The largest absolute Gasteiger partial charge is 0.463 e. The van der Waals surface area contributed by atoms with E-state index in [1.807, 2.05) is 0 Å². The first-order valence-corrected chi connectivity index (χ1v) is 11.8. The quantitative estimate of drug-likeness (QED) is 0.139. The van der Waals surface area contributed by atoms with Gasteiger partial charge < -0.3 is 14.9 Å². The van der Waals surface area contributed by atoms with Crippen LogP contribution in [-0.4, -0.2) is 35.5 Å². The average Bonchev–Trinajstić information content (AvgIpc) is 2.69. The Morgan fingerprint density at radius 1 is 0.821 bits per heavy atom. The van der Waals surface area contributed by atoms with Crippen molar-refractivity contribution in [2.45, 2.75) is 122 Å². The van der Waals surface area contributed by atoms with E-state index in [2.05, 4.69) is 19.1 Å². The molecule has 2 N–H and O–H groups in total. The van der Waals surface area contributed by atoms with Crippen LogP contribution < -0.4 is 0 Å². The van der Waals surface area contributed by atoms with Gasteiger partial charge in [0, 0.05) is 13.0 Å². The van der Waals surface area contributed by atoms with Crippen molar-refractivity contribution in [1.29, 1.82) is 0 Å². The lowest BCUT2D eigenvalue weighted by Crippen LogP contribution is -2.18. The van der Waals surface area contributed by atoms with E-state index in [9.17, 15) is 9.90 Å². The maximum atomic E-state index is 11.6. The maximum absolute atomic E-state index is 11.6. The fourth-order valence-electron chi connectivity index (χ4n) is 3.18. The van der Waals surface area contributed by atoms with Gasteiger partial charge in [-0.05, 0) is 51.4 Å². The molecule has 0 heterocycles. The van der Waals surface area contributed by atoms with Crippen LogP contribution >= 0.6 is 0 Å². The molecular weight excluding hydrogens is 352 g/mol. The Hall–Kier alpha value is -0.870. The van der Waals surface area contributed by atoms with Crippen LogP contribution in [0.5, 0.6) is 0 Å². The molecule has 4 nitrogen and oxygen atoms in total. The first-order chi connectivity index (χ1) is 13.7. The topological polar surface area (TPSA) is 66.8 Å². The van der Waals surface area contributed by atoms with Gasteiger partial charge in [0.15, 0.2) is 0 Å². The molecule has 0 rings (SSSR count). The summed E-state index contributed by atoms with van der Waals surface area (Å²) in [6.07, 6.45) is 22.7. The molecule has 0 bridgehead atoms. The summed E-state index contributed by atoms with van der Waals surface area (Å²) in [7, 11) is 0. The third-order valence-electron chi connectivity index (χ3n) is 5.02. The zero-order chi connectivity index (χ0) is 20.7.